The normalized spacial score (nSPS) is 24.2. The lowest BCUT2D eigenvalue weighted by Crippen LogP contribution is -2.23. The van der Waals surface area contributed by atoms with Gasteiger partial charge in [-0.3, -0.25) is 0 Å². The summed E-state index contributed by atoms with van der Waals surface area (Å²) < 4.78 is 85.9. The molecule has 4 rings (SSSR count). The summed E-state index contributed by atoms with van der Waals surface area (Å²) >= 11 is 0. The number of ether oxygens (including phenoxy) is 1. The highest BCUT2D eigenvalue weighted by molar-refractivity contribution is 5.32. The molecule has 0 aromatic heterocycles. The Hall–Kier alpha value is -2.18. The molecule has 2 aliphatic carbocycles. The summed E-state index contributed by atoms with van der Waals surface area (Å²) in [4.78, 5) is 0. The van der Waals surface area contributed by atoms with Crippen LogP contribution in [0.5, 0.6) is 5.75 Å². The molecular weight excluding hydrogens is 526 g/mol. The van der Waals surface area contributed by atoms with Crippen molar-refractivity contribution in [1.82, 2.24) is 0 Å². The maximum atomic E-state index is 14.6. The summed E-state index contributed by atoms with van der Waals surface area (Å²) in [6, 6.07) is 7.49. The predicted molar refractivity (Wildman–Crippen MR) is 146 cm³/mol. The van der Waals surface area contributed by atoms with Crippen LogP contribution in [0.4, 0.5) is 26.3 Å². The molecule has 2 aromatic carbocycles. The minimum absolute atomic E-state index is 0.122. The number of unbranched alkanes of at least 4 members (excludes halogenated alkanes) is 2. The fourth-order valence-electron chi connectivity index (χ4n) is 6.69. The van der Waals surface area contributed by atoms with Gasteiger partial charge in [-0.25, -0.2) is 4.39 Å². The Morgan fingerprint density at radius 2 is 1.25 bits per heavy atom. The lowest BCUT2D eigenvalue weighted by molar-refractivity contribution is -0.186. The van der Waals surface area contributed by atoms with E-state index < -0.39 is 29.2 Å². The SMILES string of the molecule is CCCCCC1CCC(CCC2CCC(c3ccc(OC(F)(F)c4ccc(C(F)(F)F)c(F)c4)cc3)CC2)CC1. The van der Waals surface area contributed by atoms with Gasteiger partial charge in [0.15, 0.2) is 0 Å². The van der Waals surface area contributed by atoms with E-state index in [1.165, 1.54) is 89.2 Å². The standard InChI is InChI=1S/C33H42F6O/c1-2-3-4-5-23-6-8-24(9-7-23)10-11-25-12-14-26(15-13-25)27-16-19-29(20-17-27)40-33(38,39)28-18-21-30(31(34)22-28)32(35,36)37/h16-26H,2-15H2,1H3. The number of hydrogen-bond donors (Lipinski definition) is 0. The molecule has 0 heterocycles. The Morgan fingerprint density at radius 3 is 1.77 bits per heavy atom. The molecule has 0 spiro atoms. The molecule has 0 radical (unpaired) electrons. The van der Waals surface area contributed by atoms with Gasteiger partial charge >= 0.3 is 12.3 Å². The van der Waals surface area contributed by atoms with Gasteiger partial charge in [-0.05, 0) is 85.3 Å². The molecule has 0 saturated heterocycles. The molecule has 2 saturated carbocycles. The molecule has 2 fully saturated rings. The van der Waals surface area contributed by atoms with Crippen molar-refractivity contribution in [2.75, 3.05) is 0 Å². The lowest BCUT2D eigenvalue weighted by Gasteiger charge is -2.32. The first-order chi connectivity index (χ1) is 19.0. The molecule has 0 unspecified atom stereocenters. The number of halogens is 6. The van der Waals surface area contributed by atoms with Crippen LogP contribution in [0.25, 0.3) is 0 Å². The Kier molecular flexibility index (Phi) is 10.5. The van der Waals surface area contributed by atoms with Crippen LogP contribution in [0.15, 0.2) is 42.5 Å². The highest BCUT2D eigenvalue weighted by Crippen LogP contribution is 2.41. The highest BCUT2D eigenvalue weighted by Gasteiger charge is 2.39. The smallest absolute Gasteiger partial charge is 0.426 e. The van der Waals surface area contributed by atoms with E-state index in [4.69, 9.17) is 4.74 Å². The van der Waals surface area contributed by atoms with Crippen LogP contribution >= 0.6 is 0 Å². The minimum atomic E-state index is -4.96. The Morgan fingerprint density at radius 1 is 0.700 bits per heavy atom. The first-order valence-electron chi connectivity index (χ1n) is 15.1. The Labute approximate surface area is 234 Å². The molecule has 0 atom stereocenters. The van der Waals surface area contributed by atoms with Crippen molar-refractivity contribution in [1.29, 1.82) is 0 Å². The average molecular weight is 569 g/mol. The summed E-state index contributed by atoms with van der Waals surface area (Å²) in [5.41, 5.74) is -1.48. The van der Waals surface area contributed by atoms with Gasteiger partial charge in [0.2, 0.25) is 0 Å². The van der Waals surface area contributed by atoms with Gasteiger partial charge in [0.25, 0.3) is 0 Å². The molecule has 7 heteroatoms. The van der Waals surface area contributed by atoms with Crippen molar-refractivity contribution in [2.45, 2.75) is 115 Å². The van der Waals surface area contributed by atoms with Crippen molar-refractivity contribution < 1.29 is 31.1 Å². The van der Waals surface area contributed by atoms with E-state index >= 15 is 0 Å². The van der Waals surface area contributed by atoms with Gasteiger partial charge in [0.1, 0.15) is 11.6 Å². The van der Waals surface area contributed by atoms with Crippen molar-refractivity contribution in [2.24, 2.45) is 17.8 Å². The quantitative estimate of drug-likeness (QED) is 0.193. The van der Waals surface area contributed by atoms with Crippen molar-refractivity contribution in [3.05, 3.63) is 65.0 Å². The summed E-state index contributed by atoms with van der Waals surface area (Å²) in [6.07, 6.45) is 9.34. The maximum absolute atomic E-state index is 14.6. The summed E-state index contributed by atoms with van der Waals surface area (Å²) in [6.45, 7) is 2.27. The molecule has 2 aliphatic rings. The van der Waals surface area contributed by atoms with E-state index in [9.17, 15) is 26.3 Å². The monoisotopic (exact) mass is 568 g/mol. The van der Waals surface area contributed by atoms with E-state index in [0.717, 1.165) is 36.2 Å². The van der Waals surface area contributed by atoms with Crippen LogP contribution in [0.3, 0.4) is 0 Å². The number of rotatable bonds is 11. The predicted octanol–water partition coefficient (Wildman–Crippen LogP) is 11.4. The first kappa shape index (κ1) is 30.8. The molecular formula is C33H42F6O. The zero-order valence-electron chi connectivity index (χ0n) is 23.4. The van der Waals surface area contributed by atoms with E-state index in [1.54, 1.807) is 12.1 Å². The van der Waals surface area contributed by atoms with E-state index in [2.05, 4.69) is 6.92 Å². The molecule has 0 N–H and O–H groups in total. The molecule has 0 amide bonds. The van der Waals surface area contributed by atoms with Gasteiger partial charge in [-0.1, -0.05) is 83.3 Å². The number of benzene rings is 2. The van der Waals surface area contributed by atoms with Crippen LogP contribution in [0, 0.1) is 23.6 Å². The number of hydrogen-bond acceptors (Lipinski definition) is 1. The second kappa shape index (κ2) is 13.7. The second-order valence-corrected chi connectivity index (χ2v) is 12.1. The van der Waals surface area contributed by atoms with Gasteiger partial charge in [0, 0.05) is 0 Å². The van der Waals surface area contributed by atoms with Gasteiger partial charge < -0.3 is 4.74 Å². The third-order valence-electron chi connectivity index (χ3n) is 9.22. The van der Waals surface area contributed by atoms with Crippen LogP contribution in [-0.2, 0) is 12.3 Å². The average Bonchev–Trinajstić information content (AvgIpc) is 2.92. The van der Waals surface area contributed by atoms with Gasteiger partial charge in [0.05, 0.1) is 11.1 Å². The maximum Gasteiger partial charge on any atom is 0.426 e. The zero-order valence-corrected chi connectivity index (χ0v) is 23.4. The lowest BCUT2D eigenvalue weighted by atomic mass is 9.74. The third kappa shape index (κ3) is 8.42. The summed E-state index contributed by atoms with van der Waals surface area (Å²) in [5, 5.41) is 0. The molecule has 0 aliphatic heterocycles. The van der Waals surface area contributed by atoms with Gasteiger partial charge in [-0.15, -0.1) is 0 Å². The summed E-state index contributed by atoms with van der Waals surface area (Å²) in [7, 11) is 0. The van der Waals surface area contributed by atoms with Crippen LogP contribution in [0.1, 0.15) is 119 Å². The Bertz CT molecular complexity index is 1050. The summed E-state index contributed by atoms with van der Waals surface area (Å²) in [5.74, 6) is 1.11. The first-order valence-corrected chi connectivity index (χ1v) is 15.1. The second-order valence-electron chi connectivity index (χ2n) is 12.1. The molecule has 40 heavy (non-hydrogen) atoms. The highest BCUT2D eigenvalue weighted by atomic mass is 19.4. The fraction of sp³-hybridized carbons (Fsp3) is 0.636. The van der Waals surface area contributed by atoms with Crippen molar-refractivity contribution >= 4 is 0 Å². The van der Waals surface area contributed by atoms with Crippen molar-refractivity contribution in [3.8, 4) is 5.75 Å². The topological polar surface area (TPSA) is 9.23 Å². The Balaban J connectivity index is 1.21. The zero-order chi connectivity index (χ0) is 28.8. The third-order valence-corrected chi connectivity index (χ3v) is 9.22. The fourth-order valence-corrected chi connectivity index (χ4v) is 6.69. The van der Waals surface area contributed by atoms with E-state index in [-0.39, 0.29) is 11.8 Å². The van der Waals surface area contributed by atoms with Crippen LogP contribution < -0.4 is 4.74 Å². The van der Waals surface area contributed by atoms with Gasteiger partial charge in [-0.2, -0.15) is 22.0 Å². The minimum Gasteiger partial charge on any atom is -0.429 e. The molecule has 0 bridgehead atoms. The van der Waals surface area contributed by atoms with Crippen LogP contribution in [0.2, 0.25) is 0 Å². The van der Waals surface area contributed by atoms with Crippen LogP contribution in [-0.4, -0.2) is 0 Å². The largest absolute Gasteiger partial charge is 0.429 e. The molecule has 2 aromatic rings. The van der Waals surface area contributed by atoms with E-state index in [0.29, 0.717) is 18.1 Å². The molecule has 1 nitrogen and oxygen atoms in total. The van der Waals surface area contributed by atoms with Crippen molar-refractivity contribution in [3.63, 3.8) is 0 Å². The molecule has 222 valence electrons. The van der Waals surface area contributed by atoms with E-state index in [1.807, 2.05) is 0 Å². The number of alkyl halides is 5.